The number of anilines is 1. The van der Waals surface area contributed by atoms with E-state index in [2.05, 4.69) is 34.8 Å². The zero-order valence-electron chi connectivity index (χ0n) is 22.0. The van der Waals surface area contributed by atoms with Gasteiger partial charge in [-0.3, -0.25) is 9.52 Å². The number of nitrogens with one attached hydrogen (secondary N) is 1. The van der Waals surface area contributed by atoms with Gasteiger partial charge in [0.15, 0.2) is 0 Å². The highest BCUT2D eigenvalue weighted by molar-refractivity contribution is 7.97. The van der Waals surface area contributed by atoms with Crippen LogP contribution in [0.1, 0.15) is 60.5 Å². The molecule has 0 radical (unpaired) electrons. The molecule has 1 amide bonds. The quantitative estimate of drug-likeness (QED) is 0.302. The lowest BCUT2D eigenvalue weighted by atomic mass is 9.68. The fraction of sp³-hybridized carbons (Fsp3) is 0.516. The van der Waals surface area contributed by atoms with E-state index in [0.717, 1.165) is 73.8 Å². The Hall–Kier alpha value is -2.15. The fourth-order valence-corrected chi connectivity index (χ4v) is 7.73. The van der Waals surface area contributed by atoms with Crippen LogP contribution in [-0.2, 0) is 11.8 Å². The Morgan fingerprint density at radius 1 is 1.21 bits per heavy atom. The van der Waals surface area contributed by atoms with Gasteiger partial charge in [-0.1, -0.05) is 36.7 Å². The van der Waals surface area contributed by atoms with E-state index in [-0.39, 0.29) is 17.2 Å². The molecule has 202 valence electrons. The third-order valence-electron chi connectivity index (χ3n) is 9.07. The number of aryl methyl sites for hydroxylation is 1. The van der Waals surface area contributed by atoms with Crippen LogP contribution in [0, 0.1) is 17.8 Å². The Morgan fingerprint density at radius 2 is 2.11 bits per heavy atom. The molecule has 2 aromatic rings. The van der Waals surface area contributed by atoms with Crippen LogP contribution in [0.2, 0.25) is 5.02 Å². The zero-order valence-corrected chi connectivity index (χ0v) is 23.6. The second-order valence-electron chi connectivity index (χ2n) is 11.8. The topological polar surface area (TPSA) is 61.8 Å². The van der Waals surface area contributed by atoms with Crippen LogP contribution in [0.4, 0.5) is 5.69 Å². The molecule has 2 aromatic carbocycles. The number of nitrogens with zero attached hydrogens (tertiary/aromatic N) is 1. The Bertz CT molecular complexity index is 1240. The first-order chi connectivity index (χ1) is 18.4. The first kappa shape index (κ1) is 26.1. The second-order valence-corrected chi connectivity index (χ2v) is 13.1. The number of halogens is 1. The molecule has 38 heavy (non-hydrogen) atoms. The number of rotatable bonds is 0. The lowest BCUT2D eigenvalue weighted by molar-refractivity contribution is 0.0456. The third-order valence-corrected chi connectivity index (χ3v) is 10.4. The standard InChI is InChI=1S/C31H37ClN2O3S/c1-20-4-2-6-28(35)25-10-7-23(25)16-34-18-31(13-3-5-21-14-24(32)9-11-26(21)31)19-37-29-12-8-22(15-27(29)34)30(36)33-38-17-20/h2,6,8-9,11-12,14-15,20,23,25,28,35H,3-5,7,10,13,16-19H2,1H3,(H,33,36)/b6-2-/t20-,23-,25+,28-,31-/m0/s1. The second kappa shape index (κ2) is 10.8. The van der Waals surface area contributed by atoms with Crippen molar-refractivity contribution in [3.05, 3.63) is 70.3 Å². The van der Waals surface area contributed by atoms with Crippen molar-refractivity contribution in [2.45, 2.75) is 57.0 Å². The number of aliphatic hydroxyl groups is 1. The van der Waals surface area contributed by atoms with Crippen molar-refractivity contribution < 1.29 is 14.6 Å². The van der Waals surface area contributed by atoms with E-state index in [1.807, 2.05) is 30.3 Å². The van der Waals surface area contributed by atoms with Gasteiger partial charge in [0.1, 0.15) is 5.75 Å². The molecule has 2 heterocycles. The summed E-state index contributed by atoms with van der Waals surface area (Å²) in [5.74, 6) is 2.65. The van der Waals surface area contributed by atoms with Gasteiger partial charge in [0.2, 0.25) is 0 Å². The highest BCUT2D eigenvalue weighted by Crippen LogP contribution is 2.46. The Labute approximate surface area is 235 Å². The summed E-state index contributed by atoms with van der Waals surface area (Å²) in [6.07, 6.45) is 9.94. The average molecular weight is 553 g/mol. The summed E-state index contributed by atoms with van der Waals surface area (Å²) >= 11 is 7.85. The monoisotopic (exact) mass is 552 g/mol. The number of hydrogen-bond donors (Lipinski definition) is 2. The van der Waals surface area contributed by atoms with Gasteiger partial charge in [0.05, 0.1) is 18.4 Å². The van der Waals surface area contributed by atoms with Crippen molar-refractivity contribution in [3.63, 3.8) is 0 Å². The summed E-state index contributed by atoms with van der Waals surface area (Å²) in [6, 6.07) is 12.2. The zero-order chi connectivity index (χ0) is 26.3. The van der Waals surface area contributed by atoms with Crippen LogP contribution in [0.5, 0.6) is 5.75 Å². The molecule has 0 unspecified atom stereocenters. The van der Waals surface area contributed by atoms with Gasteiger partial charge < -0.3 is 14.7 Å². The molecule has 2 aliphatic heterocycles. The maximum atomic E-state index is 13.1. The number of amides is 1. The molecule has 1 fully saturated rings. The minimum absolute atomic E-state index is 0.0684. The Kier molecular flexibility index (Phi) is 7.41. The van der Waals surface area contributed by atoms with Crippen molar-refractivity contribution in [1.29, 1.82) is 0 Å². The first-order valence-corrected chi connectivity index (χ1v) is 15.4. The molecule has 1 spiro atoms. The SMILES string of the molecule is C[C@H]1C/C=C\[C@H](O)[C@@H]2CC[C@H]2CN2C[C@@]3(CCCc4cc(Cl)ccc43)COc3ccc(cc32)C(=O)NSC1. The Morgan fingerprint density at radius 3 is 2.95 bits per heavy atom. The number of ether oxygens (including phenoxy) is 1. The smallest absolute Gasteiger partial charge is 0.261 e. The van der Waals surface area contributed by atoms with E-state index >= 15 is 0 Å². The van der Waals surface area contributed by atoms with Crippen molar-refractivity contribution >= 4 is 35.1 Å². The van der Waals surface area contributed by atoms with Crippen molar-refractivity contribution in [2.75, 3.05) is 30.3 Å². The lowest BCUT2D eigenvalue weighted by Gasteiger charge is -2.45. The van der Waals surface area contributed by atoms with Gasteiger partial charge in [-0.2, -0.15) is 0 Å². The summed E-state index contributed by atoms with van der Waals surface area (Å²) in [5, 5.41) is 11.8. The number of aliphatic hydroxyl groups excluding tert-OH is 1. The molecule has 7 heteroatoms. The molecule has 4 aliphatic rings. The number of hydrogen-bond acceptors (Lipinski definition) is 5. The normalized spacial score (nSPS) is 32.2. The first-order valence-electron chi connectivity index (χ1n) is 14.0. The van der Waals surface area contributed by atoms with Gasteiger partial charge in [-0.15, -0.1) is 0 Å². The summed E-state index contributed by atoms with van der Waals surface area (Å²) in [4.78, 5) is 15.6. The maximum Gasteiger partial charge on any atom is 0.261 e. The molecule has 6 rings (SSSR count). The number of carbonyl (C=O) groups excluding carboxylic acids is 1. The van der Waals surface area contributed by atoms with Crippen LogP contribution in [0.3, 0.4) is 0 Å². The summed E-state index contributed by atoms with van der Waals surface area (Å²) in [7, 11) is 0. The van der Waals surface area contributed by atoms with E-state index in [9.17, 15) is 9.90 Å². The predicted octanol–water partition coefficient (Wildman–Crippen LogP) is 6.17. The summed E-state index contributed by atoms with van der Waals surface area (Å²) < 4.78 is 9.61. The van der Waals surface area contributed by atoms with Crippen LogP contribution in [-0.4, -0.2) is 42.6 Å². The Balaban J connectivity index is 1.39. The van der Waals surface area contributed by atoms with Crippen LogP contribution < -0.4 is 14.4 Å². The van der Waals surface area contributed by atoms with Crippen molar-refractivity contribution in [1.82, 2.24) is 4.72 Å². The minimum atomic E-state index is -0.415. The van der Waals surface area contributed by atoms with Crippen molar-refractivity contribution in [3.8, 4) is 5.75 Å². The van der Waals surface area contributed by atoms with E-state index < -0.39 is 6.10 Å². The van der Waals surface area contributed by atoms with E-state index in [0.29, 0.717) is 24.0 Å². The molecule has 2 aliphatic carbocycles. The van der Waals surface area contributed by atoms with Crippen molar-refractivity contribution in [2.24, 2.45) is 17.8 Å². The molecular formula is C31H37ClN2O3S. The highest BCUT2D eigenvalue weighted by Gasteiger charge is 2.44. The summed E-state index contributed by atoms with van der Waals surface area (Å²) in [6.45, 7) is 4.44. The minimum Gasteiger partial charge on any atom is -0.490 e. The summed E-state index contributed by atoms with van der Waals surface area (Å²) in [5.41, 5.74) is 4.15. The number of fused-ring (bicyclic) bond motifs is 4. The molecule has 2 bridgehead atoms. The number of benzene rings is 2. The average Bonchev–Trinajstić information content (AvgIpc) is 3.03. The van der Waals surface area contributed by atoms with Gasteiger partial charge in [0, 0.05) is 34.8 Å². The molecule has 2 N–H and O–H groups in total. The molecule has 0 saturated heterocycles. The lowest BCUT2D eigenvalue weighted by Crippen LogP contribution is -2.49. The fourth-order valence-electron chi connectivity index (χ4n) is 6.78. The van der Waals surface area contributed by atoms with Gasteiger partial charge in [-0.05, 0) is 110 Å². The predicted molar refractivity (Wildman–Crippen MR) is 155 cm³/mol. The molecule has 0 aromatic heterocycles. The number of allylic oxidation sites excluding steroid dienone is 1. The largest absolute Gasteiger partial charge is 0.490 e. The van der Waals surface area contributed by atoms with Crippen LogP contribution >= 0.6 is 23.5 Å². The van der Waals surface area contributed by atoms with E-state index in [1.54, 1.807) is 0 Å². The van der Waals surface area contributed by atoms with Gasteiger partial charge >= 0.3 is 0 Å². The van der Waals surface area contributed by atoms with E-state index in [1.165, 1.54) is 23.1 Å². The molecule has 5 atom stereocenters. The highest BCUT2D eigenvalue weighted by atomic mass is 35.5. The van der Waals surface area contributed by atoms with Gasteiger partial charge in [0.25, 0.3) is 5.91 Å². The third kappa shape index (κ3) is 5.07. The van der Waals surface area contributed by atoms with Crippen LogP contribution in [0.25, 0.3) is 0 Å². The number of carbonyl (C=O) groups is 1. The van der Waals surface area contributed by atoms with Gasteiger partial charge in [-0.25, -0.2) is 0 Å². The molecular weight excluding hydrogens is 516 g/mol. The van der Waals surface area contributed by atoms with Crippen LogP contribution in [0.15, 0.2) is 48.6 Å². The maximum absolute atomic E-state index is 13.1. The van der Waals surface area contributed by atoms with E-state index in [4.69, 9.17) is 16.3 Å². The molecule has 5 nitrogen and oxygen atoms in total. The molecule has 1 saturated carbocycles.